The SMILES string of the molecule is COc1ccccc1C(NN)C1CCCC(S(C)(=O)=O)C1. The molecule has 1 aromatic carbocycles. The van der Waals surface area contributed by atoms with Crippen molar-refractivity contribution in [3.63, 3.8) is 0 Å². The summed E-state index contributed by atoms with van der Waals surface area (Å²) in [7, 11) is -1.37. The van der Waals surface area contributed by atoms with E-state index in [1.165, 1.54) is 6.26 Å². The molecule has 6 heteroatoms. The van der Waals surface area contributed by atoms with E-state index >= 15 is 0 Å². The van der Waals surface area contributed by atoms with Gasteiger partial charge in [0.05, 0.1) is 18.4 Å². The number of benzene rings is 1. The number of hydrazine groups is 1. The second-order valence-electron chi connectivity index (χ2n) is 5.76. The van der Waals surface area contributed by atoms with Gasteiger partial charge in [0, 0.05) is 11.8 Å². The van der Waals surface area contributed by atoms with Crippen LogP contribution in [0.4, 0.5) is 0 Å². The molecule has 0 saturated heterocycles. The molecule has 1 aromatic rings. The second-order valence-corrected chi connectivity index (χ2v) is 8.09. The average Bonchev–Trinajstić information content (AvgIpc) is 2.48. The second kappa shape index (κ2) is 6.77. The zero-order valence-electron chi connectivity index (χ0n) is 12.6. The fourth-order valence-corrected chi connectivity index (χ4v) is 4.47. The van der Waals surface area contributed by atoms with E-state index in [1.807, 2.05) is 24.3 Å². The van der Waals surface area contributed by atoms with Gasteiger partial charge in [0.1, 0.15) is 15.6 Å². The molecule has 2 rings (SSSR count). The lowest BCUT2D eigenvalue weighted by Crippen LogP contribution is -2.38. The summed E-state index contributed by atoms with van der Waals surface area (Å²) in [6.07, 6.45) is 4.60. The van der Waals surface area contributed by atoms with Crippen LogP contribution >= 0.6 is 0 Å². The van der Waals surface area contributed by atoms with Crippen LogP contribution < -0.4 is 16.0 Å². The molecule has 0 heterocycles. The number of rotatable bonds is 5. The maximum absolute atomic E-state index is 11.8. The molecule has 1 aliphatic rings. The first-order valence-corrected chi connectivity index (χ1v) is 9.20. The van der Waals surface area contributed by atoms with E-state index in [0.717, 1.165) is 30.6 Å². The summed E-state index contributed by atoms with van der Waals surface area (Å²) < 4.78 is 29.1. The number of hydrogen-bond donors (Lipinski definition) is 2. The lowest BCUT2D eigenvalue weighted by molar-refractivity contribution is 0.268. The Bertz CT molecular complexity index is 574. The van der Waals surface area contributed by atoms with E-state index < -0.39 is 9.84 Å². The molecular formula is C15H24N2O3S. The van der Waals surface area contributed by atoms with Crippen molar-refractivity contribution in [2.75, 3.05) is 13.4 Å². The Hall–Kier alpha value is -1.11. The van der Waals surface area contributed by atoms with Crippen LogP contribution in [-0.2, 0) is 9.84 Å². The minimum atomic E-state index is -3.00. The molecule has 0 amide bonds. The van der Waals surface area contributed by atoms with E-state index in [-0.39, 0.29) is 17.2 Å². The van der Waals surface area contributed by atoms with Gasteiger partial charge in [-0.1, -0.05) is 24.6 Å². The summed E-state index contributed by atoms with van der Waals surface area (Å²) in [5.41, 5.74) is 3.85. The maximum Gasteiger partial charge on any atom is 0.150 e. The summed E-state index contributed by atoms with van der Waals surface area (Å²) >= 11 is 0. The largest absolute Gasteiger partial charge is 0.496 e. The van der Waals surface area contributed by atoms with Gasteiger partial charge in [-0.15, -0.1) is 0 Å². The molecule has 21 heavy (non-hydrogen) atoms. The third-order valence-electron chi connectivity index (χ3n) is 4.40. The highest BCUT2D eigenvalue weighted by molar-refractivity contribution is 7.91. The fourth-order valence-electron chi connectivity index (χ4n) is 3.28. The summed E-state index contributed by atoms with van der Waals surface area (Å²) in [4.78, 5) is 0. The Morgan fingerprint density at radius 1 is 1.33 bits per heavy atom. The predicted molar refractivity (Wildman–Crippen MR) is 83.6 cm³/mol. The maximum atomic E-state index is 11.8. The van der Waals surface area contributed by atoms with E-state index in [0.29, 0.717) is 6.42 Å². The van der Waals surface area contributed by atoms with Gasteiger partial charge in [-0.25, -0.2) is 8.42 Å². The smallest absolute Gasteiger partial charge is 0.150 e. The Morgan fingerprint density at radius 3 is 2.67 bits per heavy atom. The summed E-state index contributed by atoms with van der Waals surface area (Å²) in [6, 6.07) is 7.64. The lowest BCUT2D eigenvalue weighted by atomic mass is 9.81. The zero-order valence-corrected chi connectivity index (χ0v) is 13.4. The van der Waals surface area contributed by atoms with Gasteiger partial charge in [0.25, 0.3) is 0 Å². The fraction of sp³-hybridized carbons (Fsp3) is 0.600. The van der Waals surface area contributed by atoms with E-state index in [4.69, 9.17) is 10.6 Å². The molecule has 3 unspecified atom stereocenters. The van der Waals surface area contributed by atoms with Crippen LogP contribution in [0.2, 0.25) is 0 Å². The van der Waals surface area contributed by atoms with E-state index in [1.54, 1.807) is 7.11 Å². The van der Waals surface area contributed by atoms with Crippen LogP contribution in [0.1, 0.15) is 37.3 Å². The van der Waals surface area contributed by atoms with Gasteiger partial charge < -0.3 is 4.74 Å². The van der Waals surface area contributed by atoms with Crippen molar-refractivity contribution >= 4 is 9.84 Å². The summed E-state index contributed by atoms with van der Waals surface area (Å²) in [6.45, 7) is 0. The molecule has 3 atom stereocenters. The molecule has 0 aliphatic heterocycles. The van der Waals surface area contributed by atoms with Crippen LogP contribution in [-0.4, -0.2) is 27.0 Å². The predicted octanol–water partition coefficient (Wildman–Crippen LogP) is 1.80. The Kier molecular flexibility index (Phi) is 5.24. The Labute approximate surface area is 126 Å². The molecule has 0 spiro atoms. The molecule has 5 nitrogen and oxygen atoms in total. The van der Waals surface area contributed by atoms with Crippen molar-refractivity contribution in [2.24, 2.45) is 11.8 Å². The molecule has 118 valence electrons. The van der Waals surface area contributed by atoms with Gasteiger partial charge >= 0.3 is 0 Å². The molecule has 1 fully saturated rings. The topological polar surface area (TPSA) is 81.4 Å². The van der Waals surface area contributed by atoms with Crippen LogP contribution in [0.25, 0.3) is 0 Å². The lowest BCUT2D eigenvalue weighted by Gasteiger charge is -2.34. The van der Waals surface area contributed by atoms with Crippen LogP contribution in [0, 0.1) is 5.92 Å². The molecule has 0 radical (unpaired) electrons. The third-order valence-corrected chi connectivity index (χ3v) is 6.04. The first-order chi connectivity index (χ1) is 9.97. The van der Waals surface area contributed by atoms with Crippen LogP contribution in [0.15, 0.2) is 24.3 Å². The van der Waals surface area contributed by atoms with Crippen molar-refractivity contribution in [3.05, 3.63) is 29.8 Å². The van der Waals surface area contributed by atoms with Gasteiger partial charge in [-0.05, 0) is 31.2 Å². The Morgan fingerprint density at radius 2 is 2.05 bits per heavy atom. The number of nitrogens with two attached hydrogens (primary N) is 1. The molecular weight excluding hydrogens is 288 g/mol. The van der Waals surface area contributed by atoms with Crippen molar-refractivity contribution < 1.29 is 13.2 Å². The first kappa shape index (κ1) is 16.3. The van der Waals surface area contributed by atoms with E-state index in [2.05, 4.69) is 5.43 Å². The number of hydrogen-bond acceptors (Lipinski definition) is 5. The summed E-state index contributed by atoms with van der Waals surface area (Å²) in [5, 5.41) is -0.262. The van der Waals surface area contributed by atoms with Crippen molar-refractivity contribution in [1.29, 1.82) is 0 Å². The van der Waals surface area contributed by atoms with E-state index in [9.17, 15) is 8.42 Å². The van der Waals surface area contributed by atoms with Gasteiger partial charge in [0.15, 0.2) is 0 Å². The number of ether oxygens (including phenoxy) is 1. The molecule has 1 saturated carbocycles. The highest BCUT2D eigenvalue weighted by atomic mass is 32.2. The Balaban J connectivity index is 2.25. The normalized spacial score (nSPS) is 24.5. The van der Waals surface area contributed by atoms with Crippen molar-refractivity contribution in [2.45, 2.75) is 37.0 Å². The monoisotopic (exact) mass is 312 g/mol. The number of nitrogens with one attached hydrogen (secondary N) is 1. The van der Waals surface area contributed by atoms with Gasteiger partial charge in [-0.3, -0.25) is 11.3 Å². The number of sulfone groups is 1. The van der Waals surface area contributed by atoms with Crippen LogP contribution in [0.3, 0.4) is 0 Å². The standard InChI is InChI=1S/C15H24N2O3S/c1-20-14-9-4-3-8-13(14)15(17-16)11-6-5-7-12(10-11)21(2,18)19/h3-4,8-9,11-12,15,17H,5-7,10,16H2,1-2H3. The van der Waals surface area contributed by atoms with Gasteiger partial charge in [0.2, 0.25) is 0 Å². The molecule has 0 aromatic heterocycles. The molecule has 3 N–H and O–H groups in total. The minimum Gasteiger partial charge on any atom is -0.496 e. The highest BCUT2D eigenvalue weighted by Gasteiger charge is 2.34. The highest BCUT2D eigenvalue weighted by Crippen LogP contribution is 2.39. The number of methoxy groups -OCH3 is 1. The summed E-state index contributed by atoms with van der Waals surface area (Å²) in [5.74, 6) is 6.73. The molecule has 1 aliphatic carbocycles. The van der Waals surface area contributed by atoms with Gasteiger partial charge in [-0.2, -0.15) is 0 Å². The van der Waals surface area contributed by atoms with Crippen molar-refractivity contribution in [3.8, 4) is 5.75 Å². The third kappa shape index (κ3) is 3.75. The molecule has 0 bridgehead atoms. The average molecular weight is 312 g/mol. The first-order valence-electron chi connectivity index (χ1n) is 7.25. The number of para-hydroxylation sites is 1. The quantitative estimate of drug-likeness (QED) is 0.640. The minimum absolute atomic E-state index is 0.0919. The zero-order chi connectivity index (χ0) is 15.5. The van der Waals surface area contributed by atoms with Crippen molar-refractivity contribution in [1.82, 2.24) is 5.43 Å². The van der Waals surface area contributed by atoms with Crippen LogP contribution in [0.5, 0.6) is 5.75 Å².